The van der Waals surface area contributed by atoms with Gasteiger partial charge in [0.05, 0.1) is 24.6 Å². The Morgan fingerprint density at radius 1 is 1.19 bits per heavy atom. The molecule has 3 heterocycles. The summed E-state index contributed by atoms with van der Waals surface area (Å²) in [7, 11) is 1.68. The summed E-state index contributed by atoms with van der Waals surface area (Å²) < 4.78 is 11.5. The Balaban J connectivity index is 1.26. The van der Waals surface area contributed by atoms with Crippen molar-refractivity contribution in [3.63, 3.8) is 0 Å². The van der Waals surface area contributed by atoms with Crippen molar-refractivity contribution in [2.75, 3.05) is 20.2 Å². The third kappa shape index (κ3) is 2.84. The van der Waals surface area contributed by atoms with Crippen molar-refractivity contribution < 1.29 is 14.3 Å². The first kappa shape index (κ1) is 17.1. The topological polar surface area (TPSA) is 38.8 Å². The zero-order valence-corrected chi connectivity index (χ0v) is 16.3. The van der Waals surface area contributed by atoms with Crippen molar-refractivity contribution >= 4 is 17.7 Å². The van der Waals surface area contributed by atoms with Gasteiger partial charge in [-0.25, -0.2) is 0 Å². The van der Waals surface area contributed by atoms with E-state index in [1.165, 1.54) is 21.6 Å². The molecule has 1 spiro atoms. The van der Waals surface area contributed by atoms with Gasteiger partial charge in [-0.05, 0) is 54.2 Å². The summed E-state index contributed by atoms with van der Waals surface area (Å²) in [6.07, 6.45) is 2.55. The molecule has 3 aliphatic rings. The molecule has 140 valence electrons. The molecule has 1 saturated heterocycles. The minimum absolute atomic E-state index is 0.0158. The number of carbonyl (C=O) groups is 1. The van der Waals surface area contributed by atoms with Crippen LogP contribution in [0.15, 0.2) is 47.4 Å². The number of methoxy groups -OCH3 is 1. The molecule has 1 amide bonds. The summed E-state index contributed by atoms with van der Waals surface area (Å²) in [4.78, 5) is 16.3. The van der Waals surface area contributed by atoms with Crippen LogP contribution >= 0.6 is 11.8 Å². The zero-order chi connectivity index (χ0) is 18.4. The van der Waals surface area contributed by atoms with Crippen LogP contribution in [0.5, 0.6) is 5.75 Å². The fraction of sp³-hybridized carbons (Fsp3) is 0.409. The van der Waals surface area contributed by atoms with E-state index >= 15 is 0 Å². The molecule has 2 aromatic rings. The van der Waals surface area contributed by atoms with Crippen LogP contribution in [-0.4, -0.2) is 36.3 Å². The van der Waals surface area contributed by atoms with Gasteiger partial charge in [-0.2, -0.15) is 0 Å². The van der Waals surface area contributed by atoms with Gasteiger partial charge in [-0.15, -0.1) is 11.8 Å². The summed E-state index contributed by atoms with van der Waals surface area (Å²) in [5.41, 5.74) is 3.66. The first-order chi connectivity index (χ1) is 13.2. The van der Waals surface area contributed by atoms with Crippen LogP contribution in [0.1, 0.15) is 29.5 Å². The van der Waals surface area contributed by atoms with Crippen LogP contribution in [0, 0.1) is 0 Å². The molecule has 1 atom stereocenters. The number of nitrogens with zero attached hydrogens (tertiary/aromatic N) is 1. The minimum atomic E-state index is -0.188. The Kier molecular flexibility index (Phi) is 4.17. The third-order valence-corrected chi connectivity index (χ3v) is 7.42. The predicted octanol–water partition coefficient (Wildman–Crippen LogP) is 3.76. The number of ether oxygens (including phenoxy) is 2. The number of benzene rings is 2. The maximum atomic E-state index is 13.1. The highest BCUT2D eigenvalue weighted by Gasteiger charge is 2.44. The van der Waals surface area contributed by atoms with Crippen molar-refractivity contribution in [3.8, 4) is 5.75 Å². The number of carbonyl (C=O) groups excluding carboxylic acids is 1. The van der Waals surface area contributed by atoms with E-state index in [-0.39, 0.29) is 16.8 Å². The van der Waals surface area contributed by atoms with Gasteiger partial charge in [0.2, 0.25) is 5.91 Å². The Hall–Kier alpha value is -1.98. The van der Waals surface area contributed by atoms with Crippen LogP contribution in [0.2, 0.25) is 0 Å². The van der Waals surface area contributed by atoms with Gasteiger partial charge in [-0.1, -0.05) is 24.3 Å². The van der Waals surface area contributed by atoms with E-state index in [1.54, 1.807) is 18.9 Å². The monoisotopic (exact) mass is 381 g/mol. The summed E-state index contributed by atoms with van der Waals surface area (Å²) in [6.45, 7) is 2.23. The predicted molar refractivity (Wildman–Crippen MR) is 105 cm³/mol. The van der Waals surface area contributed by atoms with Crippen molar-refractivity contribution in [1.82, 2.24) is 4.90 Å². The molecular formula is C22H23NO3S. The quantitative estimate of drug-likeness (QED) is 0.794. The first-order valence-corrected chi connectivity index (χ1v) is 10.4. The molecular weight excluding hydrogens is 358 g/mol. The fourth-order valence-electron chi connectivity index (χ4n) is 4.58. The molecule has 5 rings (SSSR count). The maximum absolute atomic E-state index is 13.1. The number of piperidine rings is 1. The SMILES string of the molecule is COc1ccc2c(c1)C[C@H](C(=O)N1CCC3(CC1)OCc1ccccc13)S2. The minimum Gasteiger partial charge on any atom is -0.497 e. The van der Waals surface area contributed by atoms with E-state index in [9.17, 15) is 4.79 Å². The summed E-state index contributed by atoms with van der Waals surface area (Å²) >= 11 is 1.69. The molecule has 0 bridgehead atoms. The second-order valence-corrected chi connectivity index (χ2v) is 8.79. The fourth-order valence-corrected chi connectivity index (χ4v) is 5.84. The zero-order valence-electron chi connectivity index (χ0n) is 15.4. The lowest BCUT2D eigenvalue weighted by Gasteiger charge is -2.40. The number of amides is 1. The highest BCUT2D eigenvalue weighted by atomic mass is 32.2. The van der Waals surface area contributed by atoms with Crippen molar-refractivity contribution in [3.05, 3.63) is 59.2 Å². The molecule has 5 heteroatoms. The molecule has 0 unspecified atom stereocenters. The second kappa shape index (κ2) is 6.57. The standard InChI is InChI=1S/C22H23NO3S/c1-25-17-6-7-19-16(12-17)13-20(27-19)21(24)23-10-8-22(9-11-23)18-5-3-2-4-15(18)14-26-22/h2-7,12,20H,8-11,13-14H2,1H3/t20-/m1/s1. The van der Waals surface area contributed by atoms with Gasteiger partial charge in [0.25, 0.3) is 0 Å². The van der Waals surface area contributed by atoms with E-state index in [1.807, 2.05) is 11.0 Å². The van der Waals surface area contributed by atoms with Crippen LogP contribution in [0.25, 0.3) is 0 Å². The number of likely N-dealkylation sites (tertiary alicyclic amines) is 1. The van der Waals surface area contributed by atoms with Crippen molar-refractivity contribution in [2.24, 2.45) is 0 Å². The largest absolute Gasteiger partial charge is 0.497 e. The van der Waals surface area contributed by atoms with E-state index in [0.717, 1.165) is 38.1 Å². The number of thioether (sulfide) groups is 1. The Labute approximate surface area is 163 Å². The Morgan fingerprint density at radius 3 is 2.81 bits per heavy atom. The second-order valence-electron chi connectivity index (χ2n) is 7.55. The number of hydrogen-bond acceptors (Lipinski definition) is 4. The van der Waals surface area contributed by atoms with Gasteiger partial charge < -0.3 is 14.4 Å². The summed E-state index contributed by atoms with van der Waals surface area (Å²) in [6, 6.07) is 14.6. The molecule has 1 fully saturated rings. The molecule has 0 N–H and O–H groups in total. The Bertz CT molecular complexity index is 889. The highest BCUT2D eigenvalue weighted by Crippen LogP contribution is 2.45. The van der Waals surface area contributed by atoms with Gasteiger partial charge >= 0.3 is 0 Å². The lowest BCUT2D eigenvalue weighted by Crippen LogP contribution is -2.47. The normalized spacial score (nSPS) is 22.6. The van der Waals surface area contributed by atoms with Gasteiger partial charge in [-0.3, -0.25) is 4.79 Å². The first-order valence-electron chi connectivity index (χ1n) is 9.53. The molecule has 0 aromatic heterocycles. The average Bonchev–Trinajstić information content (AvgIpc) is 3.30. The molecule has 3 aliphatic heterocycles. The molecule has 4 nitrogen and oxygen atoms in total. The van der Waals surface area contributed by atoms with Crippen molar-refractivity contribution in [2.45, 2.75) is 41.6 Å². The van der Waals surface area contributed by atoms with E-state index < -0.39 is 0 Å². The summed E-state index contributed by atoms with van der Waals surface area (Å²) in [5.74, 6) is 1.12. The molecule has 2 aromatic carbocycles. The third-order valence-electron chi connectivity index (χ3n) is 6.11. The maximum Gasteiger partial charge on any atom is 0.236 e. The van der Waals surface area contributed by atoms with E-state index in [0.29, 0.717) is 6.61 Å². The van der Waals surface area contributed by atoms with Gasteiger partial charge in [0, 0.05) is 18.0 Å². The molecule has 0 saturated carbocycles. The number of rotatable bonds is 2. The lowest BCUT2D eigenvalue weighted by molar-refractivity contribution is -0.137. The lowest BCUT2D eigenvalue weighted by atomic mass is 9.83. The summed E-state index contributed by atoms with van der Waals surface area (Å²) in [5, 5.41) is -0.0158. The van der Waals surface area contributed by atoms with Gasteiger partial charge in [0.15, 0.2) is 0 Å². The average molecular weight is 381 g/mol. The Morgan fingerprint density at radius 2 is 2.00 bits per heavy atom. The number of hydrogen-bond donors (Lipinski definition) is 0. The van der Waals surface area contributed by atoms with Gasteiger partial charge in [0.1, 0.15) is 5.75 Å². The van der Waals surface area contributed by atoms with Crippen molar-refractivity contribution in [1.29, 1.82) is 0 Å². The van der Waals surface area contributed by atoms with E-state index in [4.69, 9.17) is 9.47 Å². The smallest absolute Gasteiger partial charge is 0.236 e. The van der Waals surface area contributed by atoms with Crippen LogP contribution in [0.3, 0.4) is 0 Å². The molecule has 0 radical (unpaired) electrons. The number of fused-ring (bicyclic) bond motifs is 3. The molecule has 0 aliphatic carbocycles. The highest BCUT2D eigenvalue weighted by molar-refractivity contribution is 8.01. The van der Waals surface area contributed by atoms with Crippen LogP contribution < -0.4 is 4.74 Å². The molecule has 27 heavy (non-hydrogen) atoms. The van der Waals surface area contributed by atoms with Crippen LogP contribution in [-0.2, 0) is 28.2 Å². The van der Waals surface area contributed by atoms with Crippen LogP contribution in [0.4, 0.5) is 0 Å². The van der Waals surface area contributed by atoms with E-state index in [2.05, 4.69) is 36.4 Å².